The number of hydrogen-bond acceptors (Lipinski definition) is 5. The molecule has 1 rings (SSSR count). The number of sulfonamides is 1. The van der Waals surface area contributed by atoms with Gasteiger partial charge in [0.2, 0.25) is 10.0 Å². The van der Waals surface area contributed by atoms with Crippen molar-refractivity contribution in [3.05, 3.63) is 23.8 Å². The standard InChI is InChI=1S/C12H17NO5S/c1-4-13(5-2)19(16,17)11-8-9(12(14)15)6-7-10(11)18-3/h6-8H,4-5H2,1-3H3,(H,14,15)/p-1. The van der Waals surface area contributed by atoms with Gasteiger partial charge in [0, 0.05) is 13.1 Å². The van der Waals surface area contributed by atoms with Crippen LogP contribution in [0.25, 0.3) is 0 Å². The summed E-state index contributed by atoms with van der Waals surface area (Å²) in [6.07, 6.45) is 0. The quantitative estimate of drug-likeness (QED) is 0.739. The maximum Gasteiger partial charge on any atom is 0.246 e. The van der Waals surface area contributed by atoms with Gasteiger partial charge in [-0.15, -0.1) is 0 Å². The van der Waals surface area contributed by atoms with Crippen LogP contribution in [0.5, 0.6) is 5.75 Å². The first kappa shape index (κ1) is 15.5. The van der Waals surface area contributed by atoms with Crippen LogP contribution < -0.4 is 9.84 Å². The van der Waals surface area contributed by atoms with Crippen molar-refractivity contribution in [2.75, 3.05) is 20.2 Å². The van der Waals surface area contributed by atoms with Crippen LogP contribution in [0.15, 0.2) is 23.1 Å². The highest BCUT2D eigenvalue weighted by Gasteiger charge is 2.25. The Labute approximate surface area is 112 Å². The van der Waals surface area contributed by atoms with Gasteiger partial charge in [-0.2, -0.15) is 4.31 Å². The van der Waals surface area contributed by atoms with Crippen molar-refractivity contribution in [1.82, 2.24) is 4.31 Å². The lowest BCUT2D eigenvalue weighted by Crippen LogP contribution is -2.31. The minimum Gasteiger partial charge on any atom is -0.545 e. The van der Waals surface area contributed by atoms with Gasteiger partial charge in [0.05, 0.1) is 13.1 Å². The smallest absolute Gasteiger partial charge is 0.246 e. The van der Waals surface area contributed by atoms with E-state index in [1.807, 2.05) is 0 Å². The summed E-state index contributed by atoms with van der Waals surface area (Å²) in [5.41, 5.74) is -0.202. The largest absolute Gasteiger partial charge is 0.545 e. The molecule has 0 unspecified atom stereocenters. The zero-order valence-electron chi connectivity index (χ0n) is 11.0. The van der Waals surface area contributed by atoms with Crippen molar-refractivity contribution in [3.63, 3.8) is 0 Å². The summed E-state index contributed by atoms with van der Waals surface area (Å²) in [5, 5.41) is 10.8. The van der Waals surface area contributed by atoms with E-state index in [-0.39, 0.29) is 29.3 Å². The highest BCUT2D eigenvalue weighted by atomic mass is 32.2. The lowest BCUT2D eigenvalue weighted by molar-refractivity contribution is -0.255. The number of carboxylic acids is 1. The first-order valence-corrected chi connectivity index (χ1v) is 7.22. The monoisotopic (exact) mass is 286 g/mol. The third-order valence-corrected chi connectivity index (χ3v) is 4.79. The Bertz CT molecular complexity index is 563. The Hall–Kier alpha value is -1.60. The minimum absolute atomic E-state index is 0.108. The Morgan fingerprint density at radius 3 is 2.32 bits per heavy atom. The number of carbonyl (C=O) groups excluding carboxylic acids is 1. The summed E-state index contributed by atoms with van der Waals surface area (Å²) in [7, 11) is -2.45. The summed E-state index contributed by atoms with van der Waals surface area (Å²) in [6, 6.07) is 3.61. The number of hydrogen-bond donors (Lipinski definition) is 0. The molecule has 6 nitrogen and oxygen atoms in total. The van der Waals surface area contributed by atoms with Gasteiger partial charge in [0.1, 0.15) is 10.6 Å². The van der Waals surface area contributed by atoms with Crippen molar-refractivity contribution < 1.29 is 23.1 Å². The van der Waals surface area contributed by atoms with Crippen LogP contribution in [0.4, 0.5) is 0 Å². The molecule has 0 N–H and O–H groups in total. The molecule has 0 heterocycles. The van der Waals surface area contributed by atoms with E-state index in [9.17, 15) is 18.3 Å². The van der Waals surface area contributed by atoms with Crippen LogP contribution in [0, 0.1) is 0 Å². The first-order chi connectivity index (χ1) is 8.88. The van der Waals surface area contributed by atoms with E-state index in [2.05, 4.69) is 0 Å². The second kappa shape index (κ2) is 6.03. The van der Waals surface area contributed by atoms with Gasteiger partial charge >= 0.3 is 0 Å². The van der Waals surface area contributed by atoms with E-state index >= 15 is 0 Å². The van der Waals surface area contributed by atoms with Crippen molar-refractivity contribution in [2.45, 2.75) is 18.7 Å². The van der Waals surface area contributed by atoms with E-state index in [0.29, 0.717) is 0 Å². The molecule has 1 aromatic rings. The summed E-state index contributed by atoms with van der Waals surface area (Å²) in [6.45, 7) is 3.99. The van der Waals surface area contributed by atoms with E-state index < -0.39 is 16.0 Å². The molecule has 0 bridgehead atoms. The topological polar surface area (TPSA) is 86.7 Å². The Kier molecular flexibility index (Phi) is 4.90. The van der Waals surface area contributed by atoms with Gasteiger partial charge in [-0.1, -0.05) is 13.8 Å². The normalized spacial score (nSPS) is 11.6. The SMILES string of the molecule is CCN(CC)S(=O)(=O)c1cc(C(=O)[O-])ccc1OC. The number of carboxylic acid groups (broad SMARTS) is 1. The maximum absolute atomic E-state index is 12.4. The van der Waals surface area contributed by atoms with Gasteiger partial charge in [-0.3, -0.25) is 0 Å². The molecule has 1 aromatic carbocycles. The lowest BCUT2D eigenvalue weighted by atomic mass is 10.2. The average Bonchev–Trinajstić information content (AvgIpc) is 2.38. The molecule has 0 radical (unpaired) electrons. The van der Waals surface area contributed by atoms with E-state index in [1.54, 1.807) is 13.8 Å². The lowest BCUT2D eigenvalue weighted by Gasteiger charge is -2.20. The maximum atomic E-state index is 12.4. The Morgan fingerprint density at radius 2 is 1.89 bits per heavy atom. The Balaban J connectivity index is 3.46. The molecule has 0 amide bonds. The molecule has 0 atom stereocenters. The van der Waals surface area contributed by atoms with Crippen LogP contribution in [0.3, 0.4) is 0 Å². The molecule has 0 aromatic heterocycles. The number of benzene rings is 1. The second-order valence-corrected chi connectivity index (χ2v) is 5.65. The summed E-state index contributed by atoms with van der Waals surface area (Å²) in [4.78, 5) is 10.7. The molecule has 0 saturated carbocycles. The van der Waals surface area contributed by atoms with Gasteiger partial charge < -0.3 is 14.6 Å². The number of nitrogens with zero attached hydrogens (tertiary/aromatic N) is 1. The molecule has 0 aliphatic carbocycles. The van der Waals surface area contributed by atoms with E-state index in [1.165, 1.54) is 23.5 Å². The van der Waals surface area contributed by atoms with Gasteiger partial charge in [-0.25, -0.2) is 8.42 Å². The van der Waals surface area contributed by atoms with Crippen LogP contribution in [-0.2, 0) is 10.0 Å². The average molecular weight is 286 g/mol. The third kappa shape index (κ3) is 3.05. The molecule has 0 aliphatic heterocycles. The molecule has 0 aliphatic rings. The number of rotatable bonds is 6. The molecule has 0 spiro atoms. The molecular weight excluding hydrogens is 270 g/mol. The molecule has 0 saturated heterocycles. The molecule has 0 fully saturated rings. The second-order valence-electron chi connectivity index (χ2n) is 3.74. The molecular formula is C12H16NO5S-. The van der Waals surface area contributed by atoms with Gasteiger partial charge in [-0.05, 0) is 23.8 Å². The van der Waals surface area contributed by atoms with E-state index in [4.69, 9.17) is 4.74 Å². The first-order valence-electron chi connectivity index (χ1n) is 5.78. The zero-order chi connectivity index (χ0) is 14.6. The van der Waals surface area contributed by atoms with Crippen molar-refractivity contribution in [2.24, 2.45) is 0 Å². The summed E-state index contributed by atoms with van der Waals surface area (Å²) in [5.74, 6) is -1.32. The predicted molar refractivity (Wildman–Crippen MR) is 67.4 cm³/mol. The van der Waals surface area contributed by atoms with Crippen molar-refractivity contribution >= 4 is 16.0 Å². The zero-order valence-corrected chi connectivity index (χ0v) is 11.9. The summed E-state index contributed by atoms with van der Waals surface area (Å²) >= 11 is 0. The molecule has 7 heteroatoms. The summed E-state index contributed by atoms with van der Waals surface area (Å²) < 4.78 is 31.0. The third-order valence-electron chi connectivity index (χ3n) is 2.72. The minimum atomic E-state index is -3.78. The number of methoxy groups -OCH3 is 1. The highest BCUT2D eigenvalue weighted by molar-refractivity contribution is 7.89. The van der Waals surface area contributed by atoms with Gasteiger partial charge in [0.15, 0.2) is 0 Å². The van der Waals surface area contributed by atoms with Crippen LogP contribution in [0.1, 0.15) is 24.2 Å². The predicted octanol–water partition coefficient (Wildman–Crippen LogP) is 0.0892. The van der Waals surface area contributed by atoms with Crippen molar-refractivity contribution in [1.29, 1.82) is 0 Å². The molecule has 106 valence electrons. The fourth-order valence-corrected chi connectivity index (χ4v) is 3.35. The van der Waals surface area contributed by atoms with Gasteiger partial charge in [0.25, 0.3) is 0 Å². The molecule has 19 heavy (non-hydrogen) atoms. The fourth-order valence-electron chi connectivity index (χ4n) is 1.71. The highest BCUT2D eigenvalue weighted by Crippen LogP contribution is 2.27. The Morgan fingerprint density at radius 1 is 1.32 bits per heavy atom. The number of ether oxygens (including phenoxy) is 1. The number of aromatic carboxylic acids is 1. The van der Waals surface area contributed by atoms with Crippen LogP contribution >= 0.6 is 0 Å². The number of carbonyl (C=O) groups is 1. The van der Waals surface area contributed by atoms with Crippen LogP contribution in [-0.4, -0.2) is 38.9 Å². The van der Waals surface area contributed by atoms with Crippen LogP contribution in [0.2, 0.25) is 0 Å². The van der Waals surface area contributed by atoms with Crippen molar-refractivity contribution in [3.8, 4) is 5.75 Å². The van der Waals surface area contributed by atoms with E-state index in [0.717, 1.165) is 6.07 Å². The fraction of sp³-hybridized carbons (Fsp3) is 0.417.